The lowest BCUT2D eigenvalue weighted by Gasteiger charge is -2.40. The lowest BCUT2D eigenvalue weighted by Crippen LogP contribution is -2.45. The number of benzene rings is 2. The van der Waals surface area contributed by atoms with Gasteiger partial charge in [-0.3, -0.25) is 4.79 Å². The Kier molecular flexibility index (Phi) is 6.47. The van der Waals surface area contributed by atoms with Crippen molar-refractivity contribution in [2.45, 2.75) is 40.3 Å². The number of aromatic nitrogens is 2. The van der Waals surface area contributed by atoms with Gasteiger partial charge in [-0.2, -0.15) is 0 Å². The maximum Gasteiger partial charge on any atom is 0.237 e. The largest absolute Gasteiger partial charge is 0.331 e. The fourth-order valence-corrected chi connectivity index (χ4v) is 4.58. The molecular formula is C27H34N4O. The van der Waals surface area contributed by atoms with Gasteiger partial charge in [0.05, 0.1) is 18.3 Å². The molecule has 0 saturated carbocycles. The maximum atomic E-state index is 13.2. The van der Waals surface area contributed by atoms with Gasteiger partial charge in [0, 0.05) is 24.8 Å². The minimum Gasteiger partial charge on any atom is -0.331 e. The van der Waals surface area contributed by atoms with Crippen molar-refractivity contribution in [3.8, 4) is 11.3 Å². The molecule has 32 heavy (non-hydrogen) atoms. The molecule has 2 aromatic carbocycles. The second-order valence-corrected chi connectivity index (χ2v) is 10.0. The average Bonchev–Trinajstić information content (AvgIpc) is 3.08. The fraction of sp³-hybridized carbons (Fsp3) is 0.407. The molecule has 0 unspecified atom stereocenters. The van der Waals surface area contributed by atoms with Crippen LogP contribution < -0.4 is 5.32 Å². The number of nitrogens with zero attached hydrogens (tertiary/aromatic N) is 3. The van der Waals surface area contributed by atoms with Crippen LogP contribution in [0.15, 0.2) is 66.9 Å². The number of nitrogens with one attached hydrogen (secondary N) is 1. The lowest BCUT2D eigenvalue weighted by molar-refractivity contribution is -0.135. The molecule has 2 heterocycles. The first-order valence-electron chi connectivity index (χ1n) is 11.5. The van der Waals surface area contributed by atoms with Crippen molar-refractivity contribution in [1.29, 1.82) is 0 Å². The summed E-state index contributed by atoms with van der Waals surface area (Å²) in [7, 11) is 0. The van der Waals surface area contributed by atoms with Crippen molar-refractivity contribution in [1.82, 2.24) is 19.8 Å². The van der Waals surface area contributed by atoms with Crippen LogP contribution in [0.4, 0.5) is 0 Å². The quantitative estimate of drug-likeness (QED) is 0.635. The summed E-state index contributed by atoms with van der Waals surface area (Å²) in [5, 5.41) is 3.30. The Hall–Kier alpha value is -2.92. The van der Waals surface area contributed by atoms with Gasteiger partial charge in [-0.05, 0) is 23.4 Å². The summed E-state index contributed by atoms with van der Waals surface area (Å²) in [5.74, 6) is 1.48. The second-order valence-electron chi connectivity index (χ2n) is 10.0. The van der Waals surface area contributed by atoms with Crippen LogP contribution in [-0.4, -0.2) is 40.0 Å². The minimum absolute atomic E-state index is 0.126. The third kappa shape index (κ3) is 4.94. The van der Waals surface area contributed by atoms with E-state index in [9.17, 15) is 4.79 Å². The number of amides is 1. The van der Waals surface area contributed by atoms with Crippen molar-refractivity contribution in [3.05, 3.63) is 78.2 Å². The van der Waals surface area contributed by atoms with E-state index in [1.807, 2.05) is 24.3 Å². The summed E-state index contributed by atoms with van der Waals surface area (Å²) >= 11 is 0. The molecule has 1 aliphatic rings. The number of rotatable bonds is 5. The Bertz CT molecular complexity index is 1040. The molecule has 0 aliphatic carbocycles. The van der Waals surface area contributed by atoms with Crippen LogP contribution in [-0.2, 0) is 11.3 Å². The van der Waals surface area contributed by atoms with Crippen molar-refractivity contribution in [2.24, 2.45) is 11.3 Å². The molecule has 1 aliphatic heterocycles. The van der Waals surface area contributed by atoms with Gasteiger partial charge in [-0.15, -0.1) is 0 Å². The molecule has 0 bridgehead atoms. The topological polar surface area (TPSA) is 50.2 Å². The van der Waals surface area contributed by atoms with E-state index >= 15 is 0 Å². The summed E-state index contributed by atoms with van der Waals surface area (Å²) in [5.41, 5.74) is 3.08. The summed E-state index contributed by atoms with van der Waals surface area (Å²) < 4.78 is 2.24. The predicted molar refractivity (Wildman–Crippen MR) is 129 cm³/mol. The highest BCUT2D eigenvalue weighted by Crippen LogP contribution is 2.39. The van der Waals surface area contributed by atoms with Crippen LogP contribution in [0.2, 0.25) is 0 Å². The van der Waals surface area contributed by atoms with Crippen molar-refractivity contribution >= 4 is 5.91 Å². The van der Waals surface area contributed by atoms with Gasteiger partial charge < -0.3 is 14.8 Å². The number of carbonyl (C=O) groups excluding carboxylic acids is 1. The first-order chi connectivity index (χ1) is 15.3. The minimum atomic E-state index is -0.173. The molecule has 1 aromatic heterocycles. The van der Waals surface area contributed by atoms with Crippen molar-refractivity contribution in [3.63, 3.8) is 0 Å². The van der Waals surface area contributed by atoms with Gasteiger partial charge in [0.2, 0.25) is 5.91 Å². The molecule has 3 aromatic rings. The average molecular weight is 431 g/mol. The van der Waals surface area contributed by atoms with Gasteiger partial charge in [-0.1, -0.05) is 88.4 Å². The summed E-state index contributed by atoms with van der Waals surface area (Å²) in [6.45, 7) is 11.5. The van der Waals surface area contributed by atoms with Gasteiger partial charge in [0.15, 0.2) is 0 Å². The van der Waals surface area contributed by atoms with Crippen LogP contribution in [0.3, 0.4) is 0 Å². The van der Waals surface area contributed by atoms with Crippen LogP contribution >= 0.6 is 0 Å². The first-order valence-corrected chi connectivity index (χ1v) is 11.5. The van der Waals surface area contributed by atoms with Gasteiger partial charge in [-0.25, -0.2) is 4.98 Å². The third-order valence-corrected chi connectivity index (χ3v) is 6.05. The molecule has 1 amide bonds. The molecule has 1 fully saturated rings. The first kappa shape index (κ1) is 22.3. The number of hydrogen-bond donors (Lipinski definition) is 1. The lowest BCUT2D eigenvalue weighted by atomic mass is 9.84. The van der Waals surface area contributed by atoms with E-state index in [0.717, 1.165) is 36.7 Å². The highest BCUT2D eigenvalue weighted by atomic mass is 16.2. The van der Waals surface area contributed by atoms with Gasteiger partial charge >= 0.3 is 0 Å². The molecule has 0 radical (unpaired) electrons. The summed E-state index contributed by atoms with van der Waals surface area (Å²) in [6, 6.07) is 20.6. The molecule has 1 N–H and O–H groups in total. The van der Waals surface area contributed by atoms with Crippen LogP contribution in [0.1, 0.15) is 45.1 Å². The number of hydrogen-bond acceptors (Lipinski definition) is 3. The molecule has 168 valence electrons. The van der Waals surface area contributed by atoms with Gasteiger partial charge in [0.1, 0.15) is 5.82 Å². The smallest absolute Gasteiger partial charge is 0.237 e. The normalized spacial score (nSPS) is 18.4. The zero-order chi connectivity index (χ0) is 22.7. The molecule has 2 atom stereocenters. The van der Waals surface area contributed by atoms with E-state index in [0.29, 0.717) is 12.5 Å². The van der Waals surface area contributed by atoms with E-state index in [1.54, 1.807) is 0 Å². The highest BCUT2D eigenvalue weighted by Gasteiger charge is 2.39. The fourth-order valence-electron chi connectivity index (χ4n) is 4.58. The van der Waals surface area contributed by atoms with E-state index in [-0.39, 0.29) is 17.4 Å². The highest BCUT2D eigenvalue weighted by molar-refractivity contribution is 5.79. The number of imidazole rings is 1. The molecule has 1 saturated heterocycles. The van der Waals surface area contributed by atoms with Crippen LogP contribution in [0.5, 0.6) is 0 Å². The van der Waals surface area contributed by atoms with E-state index in [2.05, 4.69) is 85.1 Å². The SMILES string of the molecule is C[C@@H]1CNCC(=O)N([C@@H](c2nc(-c3ccccc3)cn2Cc2ccccc2)C(C)(C)C)C1. The monoisotopic (exact) mass is 430 g/mol. The Morgan fingerprint density at radius 3 is 2.38 bits per heavy atom. The Morgan fingerprint density at radius 2 is 1.72 bits per heavy atom. The Labute approximate surface area is 191 Å². The zero-order valence-electron chi connectivity index (χ0n) is 19.6. The summed E-state index contributed by atoms with van der Waals surface area (Å²) in [6.07, 6.45) is 2.14. The standard InChI is InChI=1S/C27H34N4O/c1-20-15-28-16-24(32)31(17-20)25(27(2,3)4)26-29-23(22-13-9-6-10-14-22)19-30(26)18-21-11-7-5-8-12-21/h5-14,19-20,25,28H,15-18H2,1-4H3/t20-,25+/m1/s1. The van der Waals surface area contributed by atoms with Crippen LogP contribution in [0, 0.1) is 11.3 Å². The zero-order valence-corrected chi connectivity index (χ0v) is 19.6. The second kappa shape index (κ2) is 9.29. The Balaban J connectivity index is 1.83. The molecular weight excluding hydrogens is 396 g/mol. The maximum absolute atomic E-state index is 13.2. The molecule has 0 spiro atoms. The van der Waals surface area contributed by atoms with Crippen molar-refractivity contribution < 1.29 is 4.79 Å². The Morgan fingerprint density at radius 1 is 1.06 bits per heavy atom. The third-order valence-electron chi connectivity index (χ3n) is 6.05. The molecule has 5 nitrogen and oxygen atoms in total. The van der Waals surface area contributed by atoms with Gasteiger partial charge in [0.25, 0.3) is 0 Å². The number of carbonyl (C=O) groups is 1. The van der Waals surface area contributed by atoms with E-state index in [4.69, 9.17) is 4.98 Å². The molecule has 4 rings (SSSR count). The van der Waals surface area contributed by atoms with E-state index < -0.39 is 0 Å². The molecule has 5 heteroatoms. The van der Waals surface area contributed by atoms with Crippen molar-refractivity contribution in [2.75, 3.05) is 19.6 Å². The predicted octanol–water partition coefficient (Wildman–Crippen LogP) is 4.75. The van der Waals surface area contributed by atoms with E-state index in [1.165, 1.54) is 5.56 Å². The summed E-state index contributed by atoms with van der Waals surface area (Å²) in [4.78, 5) is 20.4. The van der Waals surface area contributed by atoms with Crippen LogP contribution in [0.25, 0.3) is 11.3 Å².